The lowest BCUT2D eigenvalue weighted by Crippen LogP contribution is -1.92. The van der Waals surface area contributed by atoms with Crippen LogP contribution in [-0.4, -0.2) is 23.8 Å². The normalized spacial score (nSPS) is 10.7. The monoisotopic (exact) mass is 331 g/mol. The van der Waals surface area contributed by atoms with Crippen LogP contribution in [0.2, 0.25) is 0 Å². The van der Waals surface area contributed by atoms with E-state index in [9.17, 15) is 4.39 Å². The first-order valence-corrected chi connectivity index (χ1v) is 6.86. The molecule has 0 unspecified atom stereocenters. The molecule has 0 radical (unpaired) electrons. The second-order valence-electron chi connectivity index (χ2n) is 3.56. The van der Waals surface area contributed by atoms with E-state index < -0.39 is 0 Å². The molecule has 0 amide bonds. The van der Waals surface area contributed by atoms with Gasteiger partial charge in [-0.2, -0.15) is 0 Å². The lowest BCUT2D eigenvalue weighted by Gasteiger charge is -2.05. The van der Waals surface area contributed by atoms with E-state index in [4.69, 9.17) is 9.84 Å². The van der Waals surface area contributed by atoms with Crippen molar-refractivity contribution in [2.45, 2.75) is 6.42 Å². The highest BCUT2D eigenvalue weighted by molar-refractivity contribution is 9.11. The van der Waals surface area contributed by atoms with Crippen molar-refractivity contribution in [2.75, 3.05) is 13.7 Å². The molecule has 0 aliphatic rings. The van der Waals surface area contributed by atoms with Crippen LogP contribution in [-0.2, 0) is 6.42 Å². The van der Waals surface area contributed by atoms with Crippen LogP contribution in [0.3, 0.4) is 0 Å². The molecule has 2 aromatic rings. The standard InChI is InChI=1S/C12H11BrFNO2S/c1-17-10-3-2-7(14)6-8(10)12-15-9(4-5-16)11(13)18-12/h2-3,6,16H,4-5H2,1H3. The van der Waals surface area contributed by atoms with Gasteiger partial charge >= 0.3 is 0 Å². The lowest BCUT2D eigenvalue weighted by molar-refractivity contribution is 0.298. The minimum Gasteiger partial charge on any atom is -0.496 e. The molecule has 0 bridgehead atoms. The first kappa shape index (κ1) is 13.5. The van der Waals surface area contributed by atoms with Crippen molar-refractivity contribution in [2.24, 2.45) is 0 Å². The molecule has 2 rings (SSSR count). The van der Waals surface area contributed by atoms with Crippen molar-refractivity contribution in [3.8, 4) is 16.3 Å². The van der Waals surface area contributed by atoms with Gasteiger partial charge in [0.05, 0.1) is 22.2 Å². The Hall–Kier alpha value is -0.980. The maximum Gasteiger partial charge on any atom is 0.129 e. The molecular formula is C12H11BrFNO2S. The number of aliphatic hydroxyl groups excluding tert-OH is 1. The summed E-state index contributed by atoms with van der Waals surface area (Å²) in [5, 5.41) is 9.60. The molecule has 1 aromatic heterocycles. The van der Waals surface area contributed by atoms with E-state index in [2.05, 4.69) is 20.9 Å². The smallest absolute Gasteiger partial charge is 0.129 e. The quantitative estimate of drug-likeness (QED) is 0.935. The third-order valence-corrected chi connectivity index (χ3v) is 4.25. The van der Waals surface area contributed by atoms with Crippen molar-refractivity contribution >= 4 is 27.3 Å². The number of methoxy groups -OCH3 is 1. The Balaban J connectivity index is 2.47. The molecule has 1 heterocycles. The zero-order chi connectivity index (χ0) is 13.1. The van der Waals surface area contributed by atoms with Crippen LogP contribution in [0.15, 0.2) is 22.0 Å². The average Bonchev–Trinajstić information content (AvgIpc) is 2.71. The maximum atomic E-state index is 13.3. The van der Waals surface area contributed by atoms with Crippen LogP contribution >= 0.6 is 27.3 Å². The van der Waals surface area contributed by atoms with Gasteiger partial charge in [0.25, 0.3) is 0 Å². The van der Waals surface area contributed by atoms with E-state index in [0.29, 0.717) is 22.7 Å². The summed E-state index contributed by atoms with van der Waals surface area (Å²) in [5.41, 5.74) is 1.39. The summed E-state index contributed by atoms with van der Waals surface area (Å²) in [6.45, 7) is 0.0298. The minimum atomic E-state index is -0.333. The van der Waals surface area contributed by atoms with Crippen molar-refractivity contribution in [3.63, 3.8) is 0 Å². The summed E-state index contributed by atoms with van der Waals surface area (Å²) >= 11 is 4.78. The summed E-state index contributed by atoms with van der Waals surface area (Å²) in [5.74, 6) is 0.244. The number of thiazole rings is 1. The van der Waals surface area contributed by atoms with E-state index in [-0.39, 0.29) is 12.4 Å². The van der Waals surface area contributed by atoms with Gasteiger partial charge in [0.1, 0.15) is 16.6 Å². The second kappa shape index (κ2) is 5.77. The molecule has 0 spiro atoms. The molecule has 0 saturated heterocycles. The third-order valence-electron chi connectivity index (χ3n) is 2.39. The van der Waals surface area contributed by atoms with Gasteiger partial charge < -0.3 is 9.84 Å². The lowest BCUT2D eigenvalue weighted by atomic mass is 10.2. The summed E-state index contributed by atoms with van der Waals surface area (Å²) in [4.78, 5) is 4.38. The molecular weight excluding hydrogens is 321 g/mol. The van der Waals surface area contributed by atoms with Gasteiger partial charge in [0.2, 0.25) is 0 Å². The van der Waals surface area contributed by atoms with Crippen LogP contribution in [0.1, 0.15) is 5.69 Å². The van der Waals surface area contributed by atoms with Gasteiger partial charge in [-0.3, -0.25) is 0 Å². The molecule has 6 heteroatoms. The van der Waals surface area contributed by atoms with Crippen molar-refractivity contribution < 1.29 is 14.2 Å². The van der Waals surface area contributed by atoms with Crippen LogP contribution < -0.4 is 4.74 Å². The number of hydrogen-bond acceptors (Lipinski definition) is 4. The number of hydrogen-bond donors (Lipinski definition) is 1. The molecule has 3 nitrogen and oxygen atoms in total. The highest BCUT2D eigenvalue weighted by Gasteiger charge is 2.14. The zero-order valence-electron chi connectivity index (χ0n) is 9.61. The maximum absolute atomic E-state index is 13.3. The highest BCUT2D eigenvalue weighted by Crippen LogP contribution is 2.37. The van der Waals surface area contributed by atoms with E-state index in [0.717, 1.165) is 9.48 Å². The largest absolute Gasteiger partial charge is 0.496 e. The number of aromatic nitrogens is 1. The summed E-state index contributed by atoms with van der Waals surface area (Å²) in [6.07, 6.45) is 0.467. The van der Waals surface area contributed by atoms with Gasteiger partial charge in [-0.1, -0.05) is 0 Å². The predicted molar refractivity (Wildman–Crippen MR) is 72.5 cm³/mol. The Morgan fingerprint density at radius 3 is 2.94 bits per heavy atom. The SMILES string of the molecule is COc1ccc(F)cc1-c1nc(CCO)c(Br)s1. The van der Waals surface area contributed by atoms with Gasteiger partial charge in [-0.25, -0.2) is 9.37 Å². The van der Waals surface area contributed by atoms with Crippen LogP contribution in [0.25, 0.3) is 10.6 Å². The number of aliphatic hydroxyl groups is 1. The van der Waals surface area contributed by atoms with Gasteiger partial charge in [-0.15, -0.1) is 11.3 Å². The molecule has 1 aromatic carbocycles. The number of rotatable bonds is 4. The molecule has 0 aliphatic carbocycles. The van der Waals surface area contributed by atoms with Crippen LogP contribution in [0, 0.1) is 5.82 Å². The minimum absolute atomic E-state index is 0.0298. The molecule has 0 saturated carbocycles. The molecule has 0 atom stereocenters. The fourth-order valence-corrected chi connectivity index (χ4v) is 3.16. The first-order chi connectivity index (χ1) is 8.65. The highest BCUT2D eigenvalue weighted by atomic mass is 79.9. The fourth-order valence-electron chi connectivity index (χ4n) is 1.56. The number of halogens is 2. The van der Waals surface area contributed by atoms with Crippen molar-refractivity contribution in [1.29, 1.82) is 0 Å². The molecule has 0 aliphatic heterocycles. The fraction of sp³-hybridized carbons (Fsp3) is 0.250. The Kier molecular flexibility index (Phi) is 4.31. The second-order valence-corrected chi connectivity index (χ2v) is 5.87. The Bertz CT molecular complexity index is 559. The molecule has 1 N–H and O–H groups in total. The van der Waals surface area contributed by atoms with E-state index >= 15 is 0 Å². The topological polar surface area (TPSA) is 42.4 Å². The summed E-state index contributed by atoms with van der Waals surface area (Å²) < 4.78 is 19.3. The Morgan fingerprint density at radius 1 is 1.50 bits per heavy atom. The zero-order valence-corrected chi connectivity index (χ0v) is 12.0. The van der Waals surface area contributed by atoms with E-state index in [1.807, 2.05) is 0 Å². The first-order valence-electron chi connectivity index (χ1n) is 5.25. The number of benzene rings is 1. The van der Waals surface area contributed by atoms with E-state index in [1.54, 1.807) is 6.07 Å². The van der Waals surface area contributed by atoms with E-state index in [1.165, 1.54) is 30.6 Å². The summed E-state index contributed by atoms with van der Waals surface area (Å²) in [6, 6.07) is 4.32. The van der Waals surface area contributed by atoms with Crippen molar-refractivity contribution in [3.05, 3.63) is 33.5 Å². The van der Waals surface area contributed by atoms with Crippen LogP contribution in [0.5, 0.6) is 5.75 Å². The molecule has 0 fully saturated rings. The van der Waals surface area contributed by atoms with Gasteiger partial charge in [0, 0.05) is 13.0 Å². The number of nitrogens with zero attached hydrogens (tertiary/aromatic N) is 1. The Morgan fingerprint density at radius 2 is 2.28 bits per heavy atom. The van der Waals surface area contributed by atoms with Gasteiger partial charge in [0.15, 0.2) is 0 Å². The number of ether oxygens (including phenoxy) is 1. The van der Waals surface area contributed by atoms with Crippen LogP contribution in [0.4, 0.5) is 4.39 Å². The summed E-state index contributed by atoms with van der Waals surface area (Å²) in [7, 11) is 1.54. The molecule has 18 heavy (non-hydrogen) atoms. The predicted octanol–water partition coefficient (Wildman–Crippen LogP) is 3.26. The molecule has 96 valence electrons. The third kappa shape index (κ3) is 2.71. The average molecular weight is 332 g/mol. The van der Waals surface area contributed by atoms with Crippen molar-refractivity contribution in [1.82, 2.24) is 4.98 Å². The van der Waals surface area contributed by atoms with Gasteiger partial charge in [-0.05, 0) is 34.1 Å². The Labute approximate surface area is 116 Å².